The van der Waals surface area contributed by atoms with E-state index >= 15 is 0 Å². The molecule has 2 N–H and O–H groups in total. The normalized spacial score (nSPS) is 11.6. The Kier molecular flexibility index (Phi) is 2.81. The first-order chi connectivity index (χ1) is 6.36. The predicted octanol–water partition coefficient (Wildman–Crippen LogP) is 2.34. The first kappa shape index (κ1) is 11.0. The third kappa shape index (κ3) is 2.04. The van der Waals surface area contributed by atoms with Crippen LogP contribution in [0.15, 0.2) is 12.1 Å². The van der Waals surface area contributed by atoms with Crippen molar-refractivity contribution >= 4 is 0 Å². The van der Waals surface area contributed by atoms with Crippen LogP contribution in [0.3, 0.4) is 0 Å². The van der Waals surface area contributed by atoms with Crippen molar-refractivity contribution in [3.05, 3.63) is 29.1 Å². The van der Waals surface area contributed by atoms with Crippen LogP contribution < -0.4 is 10.5 Å². The molecule has 1 aromatic rings. The van der Waals surface area contributed by atoms with Crippen LogP contribution in [-0.2, 0) is 5.54 Å². The van der Waals surface area contributed by atoms with E-state index in [1.165, 1.54) is 13.2 Å². The molecule has 0 radical (unpaired) electrons. The molecule has 0 atom stereocenters. The lowest BCUT2D eigenvalue weighted by molar-refractivity contribution is 0.383. The van der Waals surface area contributed by atoms with E-state index in [-0.39, 0.29) is 11.6 Å². The lowest BCUT2D eigenvalue weighted by Crippen LogP contribution is -2.29. The number of halogens is 1. The highest BCUT2D eigenvalue weighted by Crippen LogP contribution is 2.27. The molecule has 0 aliphatic carbocycles. The molecule has 0 fully saturated rings. The highest BCUT2D eigenvalue weighted by Gasteiger charge is 2.19. The Morgan fingerprint density at radius 3 is 2.36 bits per heavy atom. The minimum absolute atomic E-state index is 0.240. The van der Waals surface area contributed by atoms with Crippen molar-refractivity contribution in [3.8, 4) is 5.75 Å². The second-order valence-electron chi connectivity index (χ2n) is 4.02. The fraction of sp³-hybridized carbons (Fsp3) is 0.455. The number of hydrogen-bond donors (Lipinski definition) is 1. The minimum Gasteiger partial charge on any atom is -0.494 e. The summed E-state index contributed by atoms with van der Waals surface area (Å²) < 4.78 is 18.2. The maximum atomic E-state index is 13.3. The fourth-order valence-corrected chi connectivity index (χ4v) is 1.50. The molecular weight excluding hydrogens is 181 g/mol. The van der Waals surface area contributed by atoms with Crippen LogP contribution in [-0.4, -0.2) is 7.11 Å². The lowest BCUT2D eigenvalue weighted by Gasteiger charge is -2.22. The SMILES string of the molecule is COc1cc(C(C)(C)N)c(C)cc1F. The van der Waals surface area contributed by atoms with Crippen molar-refractivity contribution in [2.45, 2.75) is 26.3 Å². The molecule has 0 heterocycles. The first-order valence-electron chi connectivity index (χ1n) is 4.49. The number of aryl methyl sites for hydroxylation is 1. The van der Waals surface area contributed by atoms with Gasteiger partial charge in [-0.25, -0.2) is 4.39 Å². The molecule has 0 bridgehead atoms. The van der Waals surface area contributed by atoms with Crippen LogP contribution >= 0.6 is 0 Å². The standard InChI is InChI=1S/C11H16FNO/c1-7-5-9(12)10(14-4)6-8(7)11(2,3)13/h5-6H,13H2,1-4H3. The van der Waals surface area contributed by atoms with Crippen LogP contribution in [0.2, 0.25) is 0 Å². The molecule has 1 aromatic carbocycles. The first-order valence-corrected chi connectivity index (χ1v) is 4.49. The molecule has 0 aliphatic heterocycles. The number of benzene rings is 1. The largest absolute Gasteiger partial charge is 0.494 e. The number of methoxy groups -OCH3 is 1. The molecular formula is C11H16FNO. The van der Waals surface area contributed by atoms with Crippen LogP contribution in [0, 0.1) is 12.7 Å². The van der Waals surface area contributed by atoms with E-state index in [1.807, 2.05) is 20.8 Å². The molecule has 78 valence electrons. The summed E-state index contributed by atoms with van der Waals surface area (Å²) in [6, 6.07) is 3.10. The number of hydrogen-bond acceptors (Lipinski definition) is 2. The zero-order chi connectivity index (χ0) is 10.9. The van der Waals surface area contributed by atoms with E-state index < -0.39 is 5.54 Å². The van der Waals surface area contributed by atoms with Crippen LogP contribution in [0.1, 0.15) is 25.0 Å². The highest BCUT2D eigenvalue weighted by atomic mass is 19.1. The van der Waals surface area contributed by atoms with Crippen molar-refractivity contribution in [2.75, 3.05) is 7.11 Å². The lowest BCUT2D eigenvalue weighted by atomic mass is 9.91. The number of ether oxygens (including phenoxy) is 1. The summed E-state index contributed by atoms with van der Waals surface area (Å²) in [5.41, 5.74) is 7.21. The third-order valence-electron chi connectivity index (χ3n) is 2.19. The summed E-state index contributed by atoms with van der Waals surface area (Å²) in [7, 11) is 1.45. The van der Waals surface area contributed by atoms with Gasteiger partial charge >= 0.3 is 0 Å². The van der Waals surface area contributed by atoms with E-state index in [4.69, 9.17) is 10.5 Å². The zero-order valence-corrected chi connectivity index (χ0v) is 9.02. The van der Waals surface area contributed by atoms with Crippen molar-refractivity contribution < 1.29 is 9.13 Å². The second-order valence-corrected chi connectivity index (χ2v) is 4.02. The van der Waals surface area contributed by atoms with E-state index in [1.54, 1.807) is 6.07 Å². The van der Waals surface area contributed by atoms with Crippen molar-refractivity contribution in [1.29, 1.82) is 0 Å². The van der Waals surface area contributed by atoms with E-state index in [2.05, 4.69) is 0 Å². The monoisotopic (exact) mass is 197 g/mol. The predicted molar refractivity (Wildman–Crippen MR) is 54.9 cm³/mol. The molecule has 0 aliphatic rings. The van der Waals surface area contributed by atoms with E-state index in [0.717, 1.165) is 11.1 Å². The molecule has 0 saturated heterocycles. The summed E-state index contributed by atoms with van der Waals surface area (Å²) in [6.07, 6.45) is 0. The van der Waals surface area contributed by atoms with Crippen molar-refractivity contribution in [1.82, 2.24) is 0 Å². The Morgan fingerprint density at radius 2 is 1.93 bits per heavy atom. The smallest absolute Gasteiger partial charge is 0.165 e. The Labute approximate surface area is 83.9 Å². The molecule has 3 heteroatoms. The topological polar surface area (TPSA) is 35.2 Å². The Bertz CT molecular complexity index is 342. The summed E-state index contributed by atoms with van der Waals surface area (Å²) in [5, 5.41) is 0. The van der Waals surface area contributed by atoms with Gasteiger partial charge < -0.3 is 10.5 Å². The van der Waals surface area contributed by atoms with Gasteiger partial charge in [-0.2, -0.15) is 0 Å². The third-order valence-corrected chi connectivity index (χ3v) is 2.19. The molecule has 0 unspecified atom stereocenters. The van der Waals surface area contributed by atoms with Crippen LogP contribution in [0.25, 0.3) is 0 Å². The van der Waals surface area contributed by atoms with Gasteiger partial charge in [0.2, 0.25) is 0 Å². The van der Waals surface area contributed by atoms with Gasteiger partial charge in [-0.05, 0) is 44.0 Å². The molecule has 2 nitrogen and oxygen atoms in total. The minimum atomic E-state index is -0.481. The van der Waals surface area contributed by atoms with Gasteiger partial charge in [0.1, 0.15) is 0 Å². The quantitative estimate of drug-likeness (QED) is 0.789. The molecule has 14 heavy (non-hydrogen) atoms. The Balaban J connectivity index is 3.32. The van der Waals surface area contributed by atoms with Gasteiger partial charge in [0.15, 0.2) is 11.6 Å². The maximum Gasteiger partial charge on any atom is 0.165 e. The molecule has 0 spiro atoms. The highest BCUT2D eigenvalue weighted by molar-refractivity contribution is 5.39. The molecule has 0 aromatic heterocycles. The Morgan fingerprint density at radius 1 is 1.36 bits per heavy atom. The number of rotatable bonds is 2. The molecule has 1 rings (SSSR count). The Hall–Kier alpha value is -1.09. The molecule has 0 amide bonds. The van der Waals surface area contributed by atoms with Crippen LogP contribution in [0.4, 0.5) is 4.39 Å². The van der Waals surface area contributed by atoms with Gasteiger partial charge in [0.25, 0.3) is 0 Å². The van der Waals surface area contributed by atoms with Crippen molar-refractivity contribution in [2.24, 2.45) is 5.73 Å². The van der Waals surface area contributed by atoms with E-state index in [0.29, 0.717) is 0 Å². The fourth-order valence-electron chi connectivity index (χ4n) is 1.50. The van der Waals surface area contributed by atoms with E-state index in [9.17, 15) is 4.39 Å². The van der Waals surface area contributed by atoms with Crippen LogP contribution in [0.5, 0.6) is 5.75 Å². The summed E-state index contributed by atoms with van der Waals surface area (Å²) in [4.78, 5) is 0. The second kappa shape index (κ2) is 3.58. The average molecular weight is 197 g/mol. The summed E-state index contributed by atoms with van der Waals surface area (Å²) >= 11 is 0. The van der Waals surface area contributed by atoms with Gasteiger partial charge in [-0.1, -0.05) is 0 Å². The maximum absolute atomic E-state index is 13.3. The van der Waals surface area contributed by atoms with Gasteiger partial charge in [-0.3, -0.25) is 0 Å². The average Bonchev–Trinajstić information content (AvgIpc) is 2.02. The molecule has 0 saturated carbocycles. The zero-order valence-electron chi connectivity index (χ0n) is 9.02. The summed E-state index contributed by atoms with van der Waals surface area (Å²) in [5.74, 6) is -0.109. The summed E-state index contributed by atoms with van der Waals surface area (Å²) in [6.45, 7) is 5.60. The van der Waals surface area contributed by atoms with Crippen molar-refractivity contribution in [3.63, 3.8) is 0 Å². The van der Waals surface area contributed by atoms with Gasteiger partial charge in [0.05, 0.1) is 7.11 Å². The van der Waals surface area contributed by atoms with Gasteiger partial charge in [0, 0.05) is 5.54 Å². The number of nitrogens with two attached hydrogens (primary N) is 1. The van der Waals surface area contributed by atoms with Gasteiger partial charge in [-0.15, -0.1) is 0 Å².